The van der Waals surface area contributed by atoms with Gasteiger partial charge in [0, 0.05) is 0 Å². The van der Waals surface area contributed by atoms with Gasteiger partial charge in [0.25, 0.3) is 10.0 Å². The first-order valence-corrected chi connectivity index (χ1v) is 8.17. The lowest BCUT2D eigenvalue weighted by Crippen LogP contribution is -2.16. The number of hydrogen-bond acceptors (Lipinski definition) is 4. The number of hydrogen-bond donors (Lipinski definition) is 2. The molecule has 0 aliphatic rings. The number of aromatic amines is 1. The van der Waals surface area contributed by atoms with Gasteiger partial charge in [-0.3, -0.25) is 9.71 Å². The Kier molecular flexibility index (Phi) is 3.48. The number of fused-ring (bicyclic) bond motifs is 1. The maximum absolute atomic E-state index is 13.3. The molecule has 0 atom stereocenters. The van der Waals surface area contributed by atoms with E-state index in [9.17, 15) is 17.6 Å². The van der Waals surface area contributed by atoms with Crippen molar-refractivity contribution in [3.05, 3.63) is 57.8 Å². The molecule has 6 nitrogen and oxygen atoms in total. The van der Waals surface area contributed by atoms with Gasteiger partial charge in [-0.1, -0.05) is 0 Å². The van der Waals surface area contributed by atoms with Crippen LogP contribution < -0.4 is 10.5 Å². The monoisotopic (exact) mass is 336 g/mol. The van der Waals surface area contributed by atoms with Crippen molar-refractivity contribution in [1.82, 2.24) is 4.98 Å². The number of sulfonamides is 1. The minimum absolute atomic E-state index is 0.0275. The Labute approximate surface area is 131 Å². The highest BCUT2D eigenvalue weighted by atomic mass is 32.2. The Morgan fingerprint density at radius 3 is 2.43 bits per heavy atom. The van der Waals surface area contributed by atoms with Gasteiger partial charge in [0.2, 0.25) is 0 Å². The van der Waals surface area contributed by atoms with Crippen LogP contribution in [-0.4, -0.2) is 13.4 Å². The smallest absolute Gasteiger partial charge is 0.408 e. The summed E-state index contributed by atoms with van der Waals surface area (Å²) < 4.78 is 45.8. The molecule has 0 amide bonds. The predicted octanol–water partition coefficient (Wildman–Crippen LogP) is 2.68. The van der Waals surface area contributed by atoms with Gasteiger partial charge in [-0.05, 0) is 55.3 Å². The van der Waals surface area contributed by atoms with Gasteiger partial charge in [-0.25, -0.2) is 17.6 Å². The van der Waals surface area contributed by atoms with Gasteiger partial charge in [0.15, 0.2) is 5.58 Å². The highest BCUT2D eigenvalue weighted by Crippen LogP contribution is 2.25. The van der Waals surface area contributed by atoms with Crippen LogP contribution in [0.2, 0.25) is 0 Å². The van der Waals surface area contributed by atoms with E-state index in [1.165, 1.54) is 32.0 Å². The molecule has 0 bridgehead atoms. The van der Waals surface area contributed by atoms with Crippen LogP contribution in [-0.2, 0) is 10.0 Å². The summed E-state index contributed by atoms with van der Waals surface area (Å²) in [4.78, 5) is 13.6. The summed E-state index contributed by atoms with van der Waals surface area (Å²) in [6.45, 7) is 3.06. The lowest BCUT2D eigenvalue weighted by molar-refractivity contribution is 0.555. The van der Waals surface area contributed by atoms with E-state index in [1.807, 2.05) is 0 Å². The molecule has 0 aliphatic carbocycles. The summed E-state index contributed by atoms with van der Waals surface area (Å²) in [5, 5.41) is 0. The van der Waals surface area contributed by atoms with Crippen LogP contribution in [0.3, 0.4) is 0 Å². The Bertz CT molecular complexity index is 1040. The molecule has 0 unspecified atom stereocenters. The predicted molar refractivity (Wildman–Crippen MR) is 83.5 cm³/mol. The Hall–Kier alpha value is -2.61. The number of rotatable bonds is 3. The first-order valence-electron chi connectivity index (χ1n) is 6.69. The molecule has 0 saturated heterocycles. The van der Waals surface area contributed by atoms with Crippen LogP contribution in [0.5, 0.6) is 0 Å². The van der Waals surface area contributed by atoms with Crippen molar-refractivity contribution in [2.75, 3.05) is 4.72 Å². The molecule has 2 aromatic carbocycles. The molecule has 23 heavy (non-hydrogen) atoms. The maximum Gasteiger partial charge on any atom is 0.417 e. The highest BCUT2D eigenvalue weighted by Gasteiger charge is 2.21. The van der Waals surface area contributed by atoms with Gasteiger partial charge in [0.1, 0.15) is 5.82 Å². The normalized spacial score (nSPS) is 11.8. The van der Waals surface area contributed by atoms with E-state index in [4.69, 9.17) is 4.42 Å². The van der Waals surface area contributed by atoms with E-state index in [0.29, 0.717) is 22.2 Å². The van der Waals surface area contributed by atoms with E-state index in [-0.39, 0.29) is 10.6 Å². The van der Waals surface area contributed by atoms with Crippen LogP contribution in [0, 0.1) is 19.7 Å². The van der Waals surface area contributed by atoms with Crippen molar-refractivity contribution in [3.63, 3.8) is 0 Å². The molecule has 3 aromatic rings. The highest BCUT2D eigenvalue weighted by molar-refractivity contribution is 7.92. The summed E-state index contributed by atoms with van der Waals surface area (Å²) in [6.07, 6.45) is 0. The Balaban J connectivity index is 2.04. The second-order valence-electron chi connectivity index (χ2n) is 5.20. The number of aromatic nitrogens is 1. The van der Waals surface area contributed by atoms with Gasteiger partial charge in [0.05, 0.1) is 16.1 Å². The molecule has 0 radical (unpaired) electrons. The lowest BCUT2D eigenvalue weighted by atomic mass is 10.1. The first-order chi connectivity index (χ1) is 10.8. The van der Waals surface area contributed by atoms with Gasteiger partial charge in [-0.2, -0.15) is 0 Å². The molecule has 3 rings (SSSR count). The fraction of sp³-hybridized carbons (Fsp3) is 0.133. The van der Waals surface area contributed by atoms with Crippen molar-refractivity contribution in [3.8, 4) is 0 Å². The van der Waals surface area contributed by atoms with Crippen LogP contribution in [0.1, 0.15) is 11.1 Å². The number of halogens is 1. The second kappa shape index (κ2) is 5.24. The van der Waals surface area contributed by atoms with Crippen molar-refractivity contribution >= 4 is 26.8 Å². The molecule has 0 fully saturated rings. The average Bonchev–Trinajstić information content (AvgIpc) is 2.75. The summed E-state index contributed by atoms with van der Waals surface area (Å²) in [5.41, 5.74) is 1.59. The fourth-order valence-electron chi connectivity index (χ4n) is 2.54. The van der Waals surface area contributed by atoms with E-state index in [2.05, 4.69) is 9.71 Å². The fourth-order valence-corrected chi connectivity index (χ4v) is 4.05. The Morgan fingerprint density at radius 2 is 1.78 bits per heavy atom. The summed E-state index contributed by atoms with van der Waals surface area (Å²) >= 11 is 0. The largest absolute Gasteiger partial charge is 0.417 e. The molecule has 2 N–H and O–H groups in total. The van der Waals surface area contributed by atoms with Gasteiger partial charge < -0.3 is 4.42 Å². The number of benzene rings is 2. The summed E-state index contributed by atoms with van der Waals surface area (Å²) in [6, 6.07) is 6.74. The zero-order valence-corrected chi connectivity index (χ0v) is 13.1. The van der Waals surface area contributed by atoms with Crippen molar-refractivity contribution in [1.29, 1.82) is 0 Å². The van der Waals surface area contributed by atoms with E-state index in [0.717, 1.165) is 12.1 Å². The molecule has 0 saturated carbocycles. The van der Waals surface area contributed by atoms with Crippen LogP contribution in [0.15, 0.2) is 44.4 Å². The zero-order chi connectivity index (χ0) is 16.8. The summed E-state index contributed by atoms with van der Waals surface area (Å²) in [7, 11) is -3.89. The summed E-state index contributed by atoms with van der Waals surface area (Å²) in [5.74, 6) is -1.11. The molecule has 0 spiro atoms. The standard InChI is InChI=1S/C15H13FN2O4S/c1-8-5-10(16)6-9(2)14(8)23(20,21)18-11-3-4-13-12(7-11)17-15(19)22-13/h3-7,18H,1-2H3,(H,17,19). The zero-order valence-electron chi connectivity index (χ0n) is 12.3. The topological polar surface area (TPSA) is 92.2 Å². The van der Waals surface area contributed by atoms with Crippen LogP contribution >= 0.6 is 0 Å². The van der Waals surface area contributed by atoms with Crippen molar-refractivity contribution in [2.45, 2.75) is 18.7 Å². The second-order valence-corrected chi connectivity index (χ2v) is 6.82. The minimum Gasteiger partial charge on any atom is -0.408 e. The van der Waals surface area contributed by atoms with Gasteiger partial charge in [-0.15, -0.1) is 0 Å². The number of aryl methyl sites for hydroxylation is 2. The third-order valence-corrected chi connectivity index (χ3v) is 5.05. The van der Waals surface area contributed by atoms with Crippen molar-refractivity contribution < 1.29 is 17.2 Å². The van der Waals surface area contributed by atoms with E-state index in [1.54, 1.807) is 0 Å². The lowest BCUT2D eigenvalue weighted by Gasteiger charge is -2.13. The Morgan fingerprint density at radius 1 is 1.13 bits per heavy atom. The molecular weight excluding hydrogens is 323 g/mol. The molecule has 8 heteroatoms. The third-order valence-electron chi connectivity index (χ3n) is 3.36. The SMILES string of the molecule is Cc1cc(F)cc(C)c1S(=O)(=O)Nc1ccc2oc(=O)[nH]c2c1. The van der Waals surface area contributed by atoms with Crippen LogP contribution in [0.25, 0.3) is 11.1 Å². The molecule has 120 valence electrons. The van der Waals surface area contributed by atoms with Crippen molar-refractivity contribution in [2.24, 2.45) is 0 Å². The van der Waals surface area contributed by atoms with E-state index >= 15 is 0 Å². The van der Waals surface area contributed by atoms with Gasteiger partial charge >= 0.3 is 5.76 Å². The van der Waals surface area contributed by atoms with E-state index < -0.39 is 21.6 Å². The molecule has 1 heterocycles. The minimum atomic E-state index is -3.89. The maximum atomic E-state index is 13.3. The number of H-pyrrole nitrogens is 1. The third kappa shape index (κ3) is 2.85. The quantitative estimate of drug-likeness (QED) is 0.769. The molecule has 0 aliphatic heterocycles. The van der Waals surface area contributed by atoms with Crippen LogP contribution in [0.4, 0.5) is 10.1 Å². The number of nitrogens with one attached hydrogen (secondary N) is 2. The molecule has 1 aromatic heterocycles. The first kappa shape index (κ1) is 15.3. The number of anilines is 1. The molecular formula is C15H13FN2O4S. The number of oxazole rings is 1. The average molecular weight is 336 g/mol.